The summed E-state index contributed by atoms with van der Waals surface area (Å²) in [5.74, 6) is -0.229. The molecule has 0 aliphatic rings. The fourth-order valence-electron chi connectivity index (χ4n) is 2.16. The molecule has 0 spiro atoms. The van der Waals surface area contributed by atoms with Crippen LogP contribution in [0.15, 0.2) is 0 Å². The number of nitrogens with two attached hydrogens (primary N) is 1. The van der Waals surface area contributed by atoms with Crippen LogP contribution in [0.5, 0.6) is 0 Å². The van der Waals surface area contributed by atoms with Gasteiger partial charge < -0.3 is 16.2 Å². The van der Waals surface area contributed by atoms with Crippen molar-refractivity contribution in [1.29, 1.82) is 0 Å². The van der Waals surface area contributed by atoms with Gasteiger partial charge in [0.2, 0.25) is 5.91 Å². The molecule has 0 rings (SSSR count). The lowest BCUT2D eigenvalue weighted by molar-refractivity contribution is -0.126. The van der Waals surface area contributed by atoms with Gasteiger partial charge in [-0.25, -0.2) is 0 Å². The molecule has 0 aromatic heterocycles. The van der Waals surface area contributed by atoms with E-state index in [9.17, 15) is 9.90 Å². The van der Waals surface area contributed by atoms with E-state index in [0.29, 0.717) is 19.5 Å². The van der Waals surface area contributed by atoms with Gasteiger partial charge in [0.05, 0.1) is 12.0 Å². The Hall–Kier alpha value is -0.610. The quantitative estimate of drug-likeness (QED) is 0.691. The topological polar surface area (TPSA) is 75.3 Å². The molecule has 0 aliphatic carbocycles. The van der Waals surface area contributed by atoms with Crippen LogP contribution in [-0.4, -0.2) is 30.2 Å². The number of aliphatic hydroxyl groups is 1. The Kier molecular flexibility index (Phi) is 7.01. The van der Waals surface area contributed by atoms with Gasteiger partial charge in [-0.15, -0.1) is 0 Å². The number of hydrogen-bond acceptors (Lipinski definition) is 3. The molecule has 0 heterocycles. The van der Waals surface area contributed by atoms with Crippen molar-refractivity contribution in [2.75, 3.05) is 13.1 Å². The van der Waals surface area contributed by atoms with Crippen LogP contribution in [0.2, 0.25) is 0 Å². The van der Waals surface area contributed by atoms with Crippen molar-refractivity contribution in [2.24, 2.45) is 22.5 Å². The molecule has 4 nitrogen and oxygen atoms in total. The van der Waals surface area contributed by atoms with Crippen molar-refractivity contribution >= 4 is 5.91 Å². The first-order valence-corrected chi connectivity index (χ1v) is 7.10. The maximum atomic E-state index is 12.0. The maximum absolute atomic E-state index is 12.0. The zero-order valence-corrected chi connectivity index (χ0v) is 13.4. The van der Waals surface area contributed by atoms with Gasteiger partial charge in [-0.05, 0) is 23.7 Å². The number of amides is 1. The second-order valence-electron chi connectivity index (χ2n) is 7.86. The summed E-state index contributed by atoms with van der Waals surface area (Å²) < 4.78 is 0. The highest BCUT2D eigenvalue weighted by atomic mass is 16.3. The fourth-order valence-corrected chi connectivity index (χ4v) is 2.16. The zero-order chi connectivity index (χ0) is 15.3. The molecule has 0 radical (unpaired) electrons. The van der Waals surface area contributed by atoms with Crippen molar-refractivity contribution in [3.63, 3.8) is 0 Å². The summed E-state index contributed by atoms with van der Waals surface area (Å²) in [5, 5.41) is 12.7. The molecule has 19 heavy (non-hydrogen) atoms. The van der Waals surface area contributed by atoms with Crippen LogP contribution in [0.4, 0.5) is 0 Å². The van der Waals surface area contributed by atoms with E-state index in [1.807, 2.05) is 0 Å². The number of aliphatic hydroxyl groups excluding tert-OH is 1. The molecule has 0 aromatic rings. The van der Waals surface area contributed by atoms with Gasteiger partial charge in [0, 0.05) is 13.1 Å². The molecule has 1 amide bonds. The van der Waals surface area contributed by atoms with Gasteiger partial charge in [0.15, 0.2) is 0 Å². The predicted molar refractivity (Wildman–Crippen MR) is 79.7 cm³/mol. The van der Waals surface area contributed by atoms with E-state index in [-0.39, 0.29) is 22.7 Å². The van der Waals surface area contributed by atoms with E-state index in [4.69, 9.17) is 5.73 Å². The molecule has 2 atom stereocenters. The molecule has 0 bridgehead atoms. The van der Waals surface area contributed by atoms with E-state index in [1.165, 1.54) is 0 Å². The molecule has 0 saturated carbocycles. The van der Waals surface area contributed by atoms with Gasteiger partial charge in [0.25, 0.3) is 0 Å². The molecule has 2 unspecified atom stereocenters. The average molecular weight is 272 g/mol. The van der Waals surface area contributed by atoms with E-state index in [1.54, 1.807) is 0 Å². The van der Waals surface area contributed by atoms with Crippen molar-refractivity contribution in [3.8, 4) is 0 Å². The highest BCUT2D eigenvalue weighted by Crippen LogP contribution is 2.24. The van der Waals surface area contributed by atoms with Crippen molar-refractivity contribution < 1.29 is 9.90 Å². The molecular formula is C15H32N2O2. The first kappa shape index (κ1) is 18.4. The molecule has 0 aliphatic heterocycles. The Bertz CT molecular complexity index is 277. The number of carbonyl (C=O) groups is 1. The number of carbonyl (C=O) groups excluding carboxylic acids is 1. The normalized spacial score (nSPS) is 16.0. The third-order valence-corrected chi connectivity index (χ3v) is 2.87. The van der Waals surface area contributed by atoms with Crippen LogP contribution in [0.1, 0.15) is 54.4 Å². The molecule has 4 heteroatoms. The molecule has 0 saturated heterocycles. The lowest BCUT2D eigenvalue weighted by Gasteiger charge is -2.26. The van der Waals surface area contributed by atoms with Gasteiger partial charge in [-0.2, -0.15) is 0 Å². The van der Waals surface area contributed by atoms with Crippen LogP contribution < -0.4 is 11.1 Å². The first-order chi connectivity index (χ1) is 8.44. The van der Waals surface area contributed by atoms with Crippen LogP contribution in [0.3, 0.4) is 0 Å². The van der Waals surface area contributed by atoms with Crippen molar-refractivity contribution in [1.82, 2.24) is 5.32 Å². The van der Waals surface area contributed by atoms with Gasteiger partial charge >= 0.3 is 0 Å². The first-order valence-electron chi connectivity index (χ1n) is 7.10. The van der Waals surface area contributed by atoms with Crippen LogP contribution in [-0.2, 0) is 4.79 Å². The highest BCUT2D eigenvalue weighted by molar-refractivity contribution is 5.78. The minimum Gasteiger partial charge on any atom is -0.391 e. The summed E-state index contributed by atoms with van der Waals surface area (Å²) in [7, 11) is 0. The number of nitrogens with one attached hydrogen (secondary N) is 1. The summed E-state index contributed by atoms with van der Waals surface area (Å²) >= 11 is 0. The fraction of sp³-hybridized carbons (Fsp3) is 0.933. The smallest absolute Gasteiger partial charge is 0.224 e. The lowest BCUT2D eigenvalue weighted by Crippen LogP contribution is -2.41. The molecule has 114 valence electrons. The summed E-state index contributed by atoms with van der Waals surface area (Å²) in [4.78, 5) is 12.0. The maximum Gasteiger partial charge on any atom is 0.224 e. The summed E-state index contributed by atoms with van der Waals surface area (Å²) in [6.45, 7) is 13.1. The minimum absolute atomic E-state index is 0.0506. The Balaban J connectivity index is 4.21. The molecular weight excluding hydrogens is 240 g/mol. The third-order valence-electron chi connectivity index (χ3n) is 2.87. The minimum atomic E-state index is -0.503. The zero-order valence-electron chi connectivity index (χ0n) is 13.4. The monoisotopic (exact) mass is 272 g/mol. The van der Waals surface area contributed by atoms with E-state index >= 15 is 0 Å². The van der Waals surface area contributed by atoms with Gasteiger partial charge in [-0.1, -0.05) is 41.5 Å². The van der Waals surface area contributed by atoms with Crippen LogP contribution in [0.25, 0.3) is 0 Å². The summed E-state index contributed by atoms with van der Waals surface area (Å²) in [5.41, 5.74) is 5.80. The summed E-state index contributed by atoms with van der Waals surface area (Å²) in [6, 6.07) is 0. The van der Waals surface area contributed by atoms with E-state index in [2.05, 4.69) is 46.9 Å². The number of rotatable bonds is 6. The van der Waals surface area contributed by atoms with Crippen molar-refractivity contribution in [2.45, 2.75) is 60.5 Å². The second kappa shape index (κ2) is 7.25. The molecule has 0 fully saturated rings. The standard InChI is InChI=1S/C15H32N2O2/c1-14(2,3)7-11(9-16)13(19)17-10-12(18)8-15(4,5)6/h11-12,18H,7-10,16H2,1-6H3,(H,17,19). The summed E-state index contributed by atoms with van der Waals surface area (Å²) in [6.07, 6.45) is 0.918. The second-order valence-corrected chi connectivity index (χ2v) is 7.86. The average Bonchev–Trinajstić information content (AvgIpc) is 2.18. The van der Waals surface area contributed by atoms with Crippen molar-refractivity contribution in [3.05, 3.63) is 0 Å². The Morgan fingerprint density at radius 3 is 1.95 bits per heavy atom. The largest absolute Gasteiger partial charge is 0.391 e. The molecule has 4 N–H and O–H groups in total. The Morgan fingerprint density at radius 2 is 1.58 bits per heavy atom. The Labute approximate surface area is 118 Å². The van der Waals surface area contributed by atoms with Gasteiger partial charge in [0.1, 0.15) is 0 Å². The Morgan fingerprint density at radius 1 is 1.11 bits per heavy atom. The lowest BCUT2D eigenvalue weighted by atomic mass is 9.84. The molecule has 0 aromatic carbocycles. The SMILES string of the molecule is CC(C)(C)CC(O)CNC(=O)C(CN)CC(C)(C)C. The highest BCUT2D eigenvalue weighted by Gasteiger charge is 2.24. The van der Waals surface area contributed by atoms with Crippen LogP contribution >= 0.6 is 0 Å². The van der Waals surface area contributed by atoms with Crippen LogP contribution in [0, 0.1) is 16.7 Å². The third kappa shape index (κ3) is 9.91. The van der Waals surface area contributed by atoms with E-state index in [0.717, 1.165) is 6.42 Å². The predicted octanol–water partition coefficient (Wildman–Crippen LogP) is 1.91. The van der Waals surface area contributed by atoms with E-state index < -0.39 is 6.10 Å². The number of hydrogen-bond donors (Lipinski definition) is 3. The van der Waals surface area contributed by atoms with Gasteiger partial charge in [-0.3, -0.25) is 4.79 Å².